The zero-order valence-electron chi connectivity index (χ0n) is 7.10. The molecule has 0 aliphatic rings. The Kier molecular flexibility index (Phi) is 2.62. The minimum Gasteiger partial charge on any atom is -0.478 e. The fourth-order valence-corrected chi connectivity index (χ4v) is 0.970. The SMILES string of the molecule is N#Cc1c(F)cc(C(=O)O)cc1[N+](=O)[O-]. The molecule has 0 radical (unpaired) electrons. The number of aromatic carboxylic acids is 1. The number of rotatable bonds is 2. The third kappa shape index (κ3) is 1.88. The van der Waals surface area contributed by atoms with Gasteiger partial charge in [0, 0.05) is 6.07 Å². The van der Waals surface area contributed by atoms with E-state index in [1.807, 2.05) is 0 Å². The zero-order chi connectivity index (χ0) is 11.6. The first-order valence-electron chi connectivity index (χ1n) is 3.58. The Morgan fingerprint density at radius 1 is 1.60 bits per heavy atom. The van der Waals surface area contributed by atoms with E-state index in [0.717, 1.165) is 0 Å². The Hall–Kier alpha value is -2.49. The molecular formula is C8H3FN2O4. The van der Waals surface area contributed by atoms with Gasteiger partial charge in [-0.05, 0) is 6.07 Å². The number of nitro groups is 1. The summed E-state index contributed by atoms with van der Waals surface area (Å²) in [4.78, 5) is 19.9. The van der Waals surface area contributed by atoms with E-state index in [1.54, 1.807) is 0 Å². The van der Waals surface area contributed by atoms with E-state index < -0.39 is 33.5 Å². The van der Waals surface area contributed by atoms with Gasteiger partial charge < -0.3 is 5.11 Å². The molecule has 76 valence electrons. The molecule has 1 N–H and O–H groups in total. The topological polar surface area (TPSA) is 104 Å². The van der Waals surface area contributed by atoms with Crippen molar-refractivity contribution in [1.29, 1.82) is 5.26 Å². The Bertz CT molecular complexity index is 492. The van der Waals surface area contributed by atoms with Crippen molar-refractivity contribution < 1.29 is 19.2 Å². The van der Waals surface area contributed by atoms with Crippen LogP contribution in [0.1, 0.15) is 15.9 Å². The molecule has 1 rings (SSSR count). The van der Waals surface area contributed by atoms with E-state index in [-0.39, 0.29) is 0 Å². The highest BCUT2D eigenvalue weighted by Crippen LogP contribution is 2.22. The maximum absolute atomic E-state index is 13.0. The molecule has 0 aromatic heterocycles. The van der Waals surface area contributed by atoms with Gasteiger partial charge in [0.2, 0.25) is 0 Å². The molecule has 15 heavy (non-hydrogen) atoms. The summed E-state index contributed by atoms with van der Waals surface area (Å²) in [7, 11) is 0. The number of hydrogen-bond acceptors (Lipinski definition) is 4. The molecular weight excluding hydrogens is 207 g/mol. The molecule has 7 heteroatoms. The fraction of sp³-hybridized carbons (Fsp3) is 0. The molecule has 0 heterocycles. The molecule has 0 aliphatic heterocycles. The number of nitro benzene ring substituents is 1. The van der Waals surface area contributed by atoms with Gasteiger partial charge in [-0.25, -0.2) is 9.18 Å². The van der Waals surface area contributed by atoms with Crippen molar-refractivity contribution >= 4 is 11.7 Å². The minimum absolute atomic E-state index is 0.563. The molecule has 0 bridgehead atoms. The highest BCUT2D eigenvalue weighted by atomic mass is 19.1. The fourth-order valence-electron chi connectivity index (χ4n) is 0.970. The summed E-state index contributed by atoms with van der Waals surface area (Å²) < 4.78 is 13.0. The molecule has 0 spiro atoms. The Morgan fingerprint density at radius 3 is 2.60 bits per heavy atom. The summed E-state index contributed by atoms with van der Waals surface area (Å²) in [6, 6.07) is 2.51. The first kappa shape index (κ1) is 10.6. The van der Waals surface area contributed by atoms with Gasteiger partial charge in [0.15, 0.2) is 5.56 Å². The lowest BCUT2D eigenvalue weighted by Gasteiger charge is -1.98. The molecule has 0 unspecified atom stereocenters. The van der Waals surface area contributed by atoms with E-state index >= 15 is 0 Å². The molecule has 0 fully saturated rings. The van der Waals surface area contributed by atoms with Crippen molar-refractivity contribution in [2.75, 3.05) is 0 Å². The van der Waals surface area contributed by atoms with Crippen LogP contribution in [0.2, 0.25) is 0 Å². The van der Waals surface area contributed by atoms with Crippen LogP contribution in [-0.2, 0) is 0 Å². The minimum atomic E-state index is -1.50. The molecule has 1 aromatic rings. The standard InChI is InChI=1S/C8H3FN2O4/c9-6-1-4(8(12)13)2-7(11(14)15)5(6)3-10/h1-2H,(H,12,13). The Labute approximate surface area is 82.3 Å². The molecule has 0 amide bonds. The van der Waals surface area contributed by atoms with Crippen LogP contribution in [0.4, 0.5) is 10.1 Å². The van der Waals surface area contributed by atoms with Crippen LogP contribution in [0, 0.1) is 27.3 Å². The van der Waals surface area contributed by atoms with Gasteiger partial charge in [0.05, 0.1) is 10.5 Å². The van der Waals surface area contributed by atoms with E-state index in [2.05, 4.69) is 0 Å². The number of halogens is 1. The Balaban J connectivity index is 3.54. The van der Waals surface area contributed by atoms with E-state index in [9.17, 15) is 19.3 Å². The third-order valence-corrected chi connectivity index (χ3v) is 1.62. The normalized spacial score (nSPS) is 9.33. The highest BCUT2D eigenvalue weighted by Gasteiger charge is 2.21. The van der Waals surface area contributed by atoms with Crippen LogP contribution in [0.3, 0.4) is 0 Å². The van der Waals surface area contributed by atoms with Gasteiger partial charge in [0.1, 0.15) is 11.9 Å². The van der Waals surface area contributed by atoms with Crippen molar-refractivity contribution in [1.82, 2.24) is 0 Å². The maximum Gasteiger partial charge on any atom is 0.336 e. The Morgan fingerprint density at radius 2 is 2.20 bits per heavy atom. The maximum atomic E-state index is 13.0. The smallest absolute Gasteiger partial charge is 0.336 e. The molecule has 0 atom stereocenters. The number of nitrogens with zero attached hydrogens (tertiary/aromatic N) is 2. The van der Waals surface area contributed by atoms with E-state index in [4.69, 9.17) is 10.4 Å². The van der Waals surface area contributed by atoms with Crippen LogP contribution in [0.25, 0.3) is 0 Å². The number of carboxylic acids is 1. The highest BCUT2D eigenvalue weighted by molar-refractivity contribution is 5.88. The second-order valence-corrected chi connectivity index (χ2v) is 2.53. The van der Waals surface area contributed by atoms with Crippen LogP contribution in [-0.4, -0.2) is 16.0 Å². The zero-order valence-corrected chi connectivity index (χ0v) is 7.10. The van der Waals surface area contributed by atoms with Gasteiger partial charge in [-0.2, -0.15) is 5.26 Å². The van der Waals surface area contributed by atoms with Crippen LogP contribution >= 0.6 is 0 Å². The molecule has 0 aliphatic carbocycles. The van der Waals surface area contributed by atoms with Crippen LogP contribution in [0.5, 0.6) is 0 Å². The summed E-state index contributed by atoms with van der Waals surface area (Å²) in [5.41, 5.74) is -2.20. The summed E-state index contributed by atoms with van der Waals surface area (Å²) in [6.07, 6.45) is 0. The molecule has 1 aromatic carbocycles. The summed E-state index contributed by atoms with van der Waals surface area (Å²) in [5.74, 6) is -2.72. The van der Waals surface area contributed by atoms with Crippen molar-refractivity contribution in [3.05, 3.63) is 39.2 Å². The second kappa shape index (κ2) is 3.71. The van der Waals surface area contributed by atoms with E-state index in [0.29, 0.717) is 12.1 Å². The first-order chi connectivity index (χ1) is 6.97. The predicted octanol–water partition coefficient (Wildman–Crippen LogP) is 1.30. The van der Waals surface area contributed by atoms with Crippen molar-refractivity contribution in [3.8, 4) is 6.07 Å². The second-order valence-electron chi connectivity index (χ2n) is 2.53. The lowest BCUT2D eigenvalue weighted by atomic mass is 10.1. The van der Waals surface area contributed by atoms with Crippen molar-refractivity contribution in [3.63, 3.8) is 0 Å². The quantitative estimate of drug-likeness (QED) is 0.585. The number of nitriles is 1. The number of benzene rings is 1. The van der Waals surface area contributed by atoms with E-state index in [1.165, 1.54) is 6.07 Å². The number of hydrogen-bond donors (Lipinski definition) is 1. The lowest BCUT2D eigenvalue weighted by Crippen LogP contribution is -2.02. The first-order valence-corrected chi connectivity index (χ1v) is 3.58. The summed E-state index contributed by atoms with van der Waals surface area (Å²) in [5, 5.41) is 27.3. The summed E-state index contributed by atoms with van der Waals surface area (Å²) in [6.45, 7) is 0. The van der Waals surface area contributed by atoms with Gasteiger partial charge in [-0.15, -0.1) is 0 Å². The van der Waals surface area contributed by atoms with Gasteiger partial charge in [-0.1, -0.05) is 0 Å². The average Bonchev–Trinajstić information content (AvgIpc) is 2.16. The van der Waals surface area contributed by atoms with Gasteiger partial charge >= 0.3 is 5.97 Å². The third-order valence-electron chi connectivity index (χ3n) is 1.62. The molecule has 0 saturated carbocycles. The monoisotopic (exact) mass is 210 g/mol. The number of carbonyl (C=O) groups is 1. The average molecular weight is 210 g/mol. The lowest BCUT2D eigenvalue weighted by molar-refractivity contribution is -0.385. The predicted molar refractivity (Wildman–Crippen MR) is 44.7 cm³/mol. The molecule has 6 nitrogen and oxygen atoms in total. The largest absolute Gasteiger partial charge is 0.478 e. The summed E-state index contributed by atoms with van der Waals surface area (Å²) >= 11 is 0. The molecule has 0 saturated heterocycles. The van der Waals surface area contributed by atoms with Gasteiger partial charge in [-0.3, -0.25) is 10.1 Å². The van der Waals surface area contributed by atoms with Gasteiger partial charge in [0.25, 0.3) is 5.69 Å². The van der Waals surface area contributed by atoms with Crippen molar-refractivity contribution in [2.24, 2.45) is 0 Å². The van der Waals surface area contributed by atoms with Crippen LogP contribution < -0.4 is 0 Å². The van der Waals surface area contributed by atoms with Crippen LogP contribution in [0.15, 0.2) is 12.1 Å². The van der Waals surface area contributed by atoms with Crippen molar-refractivity contribution in [2.45, 2.75) is 0 Å². The number of carboxylic acid groups (broad SMARTS) is 1.